The van der Waals surface area contributed by atoms with Gasteiger partial charge in [-0.2, -0.15) is 17.0 Å². The molecule has 0 unspecified atom stereocenters. The topological polar surface area (TPSA) is 75.6 Å². The highest BCUT2D eigenvalue weighted by Crippen LogP contribution is 2.22. The van der Waals surface area contributed by atoms with Crippen molar-refractivity contribution in [2.45, 2.75) is 13.0 Å². The highest BCUT2D eigenvalue weighted by atomic mass is 32.2. The van der Waals surface area contributed by atoms with Crippen molar-refractivity contribution in [1.29, 1.82) is 0 Å². The molecule has 2 rings (SSSR count). The van der Waals surface area contributed by atoms with E-state index in [9.17, 15) is 8.42 Å². The monoisotopic (exact) mass is 286 g/mol. The predicted molar refractivity (Wildman–Crippen MR) is 69.6 cm³/mol. The molecule has 19 heavy (non-hydrogen) atoms. The van der Waals surface area contributed by atoms with Crippen LogP contribution in [-0.2, 0) is 14.9 Å². The Morgan fingerprint density at radius 1 is 1.47 bits per heavy atom. The van der Waals surface area contributed by atoms with Crippen molar-refractivity contribution in [2.24, 2.45) is 0 Å². The maximum atomic E-state index is 12.1. The Hall–Kier alpha value is -1.09. The van der Waals surface area contributed by atoms with E-state index >= 15 is 0 Å². The fourth-order valence-corrected chi connectivity index (χ4v) is 2.99. The van der Waals surface area contributed by atoms with Crippen LogP contribution in [0.4, 0.5) is 0 Å². The number of nitrogens with zero attached hydrogens (tertiary/aromatic N) is 4. The van der Waals surface area contributed by atoms with Crippen molar-refractivity contribution in [3.8, 4) is 0 Å². The summed E-state index contributed by atoms with van der Waals surface area (Å²) in [6.45, 7) is 2.79. The van der Waals surface area contributed by atoms with Crippen LogP contribution in [0.5, 0.6) is 0 Å². The summed E-state index contributed by atoms with van der Waals surface area (Å²) in [4.78, 5) is 8.31. The standard InChI is InChI=1S/C11H18N4O3S/c1-9-12-5-4-10(13-9)11-8-15(6-7-18-11)19(16,17)14(2)3/h4-5,11H,6-8H2,1-3H3/t11-/m0/s1. The van der Waals surface area contributed by atoms with Crippen LogP contribution in [0.25, 0.3) is 0 Å². The molecule has 0 N–H and O–H groups in total. The third-order valence-electron chi connectivity index (χ3n) is 2.94. The van der Waals surface area contributed by atoms with E-state index < -0.39 is 10.2 Å². The molecule has 1 aromatic heterocycles. The SMILES string of the molecule is Cc1nccc([C@@H]2CN(S(=O)(=O)N(C)C)CCO2)n1. The van der Waals surface area contributed by atoms with Gasteiger partial charge >= 0.3 is 0 Å². The molecular weight excluding hydrogens is 268 g/mol. The predicted octanol–water partition coefficient (Wildman–Crippen LogP) is -0.0353. The van der Waals surface area contributed by atoms with Gasteiger partial charge in [0.1, 0.15) is 11.9 Å². The van der Waals surface area contributed by atoms with Gasteiger partial charge in [0.25, 0.3) is 10.2 Å². The van der Waals surface area contributed by atoms with Crippen LogP contribution in [0, 0.1) is 6.92 Å². The number of rotatable bonds is 3. The van der Waals surface area contributed by atoms with Crippen molar-refractivity contribution in [3.05, 3.63) is 23.8 Å². The minimum absolute atomic E-state index is 0.275. The van der Waals surface area contributed by atoms with Crippen molar-refractivity contribution in [3.63, 3.8) is 0 Å². The van der Waals surface area contributed by atoms with E-state index in [0.717, 1.165) is 0 Å². The summed E-state index contributed by atoms with van der Waals surface area (Å²) in [6.07, 6.45) is 1.31. The molecule has 1 aromatic rings. The maximum Gasteiger partial charge on any atom is 0.281 e. The lowest BCUT2D eigenvalue weighted by Gasteiger charge is -2.33. The van der Waals surface area contributed by atoms with Crippen LogP contribution in [0.2, 0.25) is 0 Å². The number of aryl methyl sites for hydroxylation is 1. The third kappa shape index (κ3) is 3.08. The second-order valence-electron chi connectivity index (χ2n) is 4.54. The van der Waals surface area contributed by atoms with Crippen LogP contribution in [0.1, 0.15) is 17.6 Å². The summed E-state index contributed by atoms with van der Waals surface area (Å²) in [5.41, 5.74) is 0.714. The molecule has 2 heterocycles. The molecular formula is C11H18N4O3S. The van der Waals surface area contributed by atoms with E-state index in [1.165, 1.54) is 22.7 Å². The lowest BCUT2D eigenvalue weighted by atomic mass is 10.2. The summed E-state index contributed by atoms with van der Waals surface area (Å²) in [5.74, 6) is 0.647. The fourth-order valence-electron chi connectivity index (χ4n) is 1.90. The zero-order valence-corrected chi connectivity index (χ0v) is 12.1. The van der Waals surface area contributed by atoms with Crippen LogP contribution in [0.3, 0.4) is 0 Å². The molecule has 1 aliphatic heterocycles. The van der Waals surface area contributed by atoms with Gasteiger partial charge in [-0.1, -0.05) is 0 Å². The molecule has 0 amide bonds. The summed E-state index contributed by atoms with van der Waals surface area (Å²) in [7, 11) is -0.363. The molecule has 0 saturated carbocycles. The molecule has 1 fully saturated rings. The molecule has 1 saturated heterocycles. The minimum Gasteiger partial charge on any atom is -0.369 e. The Bertz CT molecular complexity index is 547. The zero-order chi connectivity index (χ0) is 14.0. The van der Waals surface area contributed by atoms with Crippen LogP contribution in [0.15, 0.2) is 12.3 Å². The lowest BCUT2D eigenvalue weighted by Crippen LogP contribution is -2.47. The molecule has 106 valence electrons. The Kier molecular flexibility index (Phi) is 4.14. The second-order valence-corrected chi connectivity index (χ2v) is 6.68. The number of morpholine rings is 1. The molecule has 0 spiro atoms. The Balaban J connectivity index is 2.18. The highest BCUT2D eigenvalue weighted by molar-refractivity contribution is 7.86. The van der Waals surface area contributed by atoms with Crippen molar-refractivity contribution in [1.82, 2.24) is 18.6 Å². The molecule has 7 nitrogen and oxygen atoms in total. The average molecular weight is 286 g/mol. The molecule has 0 bridgehead atoms. The van der Waals surface area contributed by atoms with E-state index in [-0.39, 0.29) is 12.6 Å². The summed E-state index contributed by atoms with van der Waals surface area (Å²) in [6, 6.07) is 1.75. The minimum atomic E-state index is -3.41. The van der Waals surface area contributed by atoms with Crippen LogP contribution < -0.4 is 0 Å². The first-order chi connectivity index (χ1) is 8.91. The van der Waals surface area contributed by atoms with E-state index in [2.05, 4.69) is 9.97 Å². The van der Waals surface area contributed by atoms with E-state index in [0.29, 0.717) is 24.7 Å². The van der Waals surface area contributed by atoms with E-state index in [1.807, 2.05) is 0 Å². The fraction of sp³-hybridized carbons (Fsp3) is 0.636. The summed E-state index contributed by atoms with van der Waals surface area (Å²) >= 11 is 0. The first-order valence-corrected chi connectivity index (χ1v) is 7.39. The van der Waals surface area contributed by atoms with Gasteiger partial charge in [-0.25, -0.2) is 9.97 Å². The smallest absolute Gasteiger partial charge is 0.281 e. The number of aromatic nitrogens is 2. The Morgan fingerprint density at radius 2 is 2.21 bits per heavy atom. The van der Waals surface area contributed by atoms with E-state index in [1.54, 1.807) is 19.2 Å². The van der Waals surface area contributed by atoms with Gasteiger partial charge in [0.15, 0.2) is 0 Å². The normalized spacial score (nSPS) is 21.8. The van der Waals surface area contributed by atoms with Gasteiger partial charge in [-0.3, -0.25) is 0 Å². The first kappa shape index (κ1) is 14.3. The van der Waals surface area contributed by atoms with Crippen LogP contribution >= 0.6 is 0 Å². The number of hydrogen-bond donors (Lipinski definition) is 0. The largest absolute Gasteiger partial charge is 0.369 e. The zero-order valence-electron chi connectivity index (χ0n) is 11.3. The second kappa shape index (κ2) is 5.49. The molecule has 0 aliphatic carbocycles. The molecule has 1 aliphatic rings. The molecule has 0 aromatic carbocycles. The first-order valence-electron chi connectivity index (χ1n) is 6.00. The summed E-state index contributed by atoms with van der Waals surface area (Å²) in [5, 5.41) is 0. The van der Waals surface area contributed by atoms with Crippen molar-refractivity contribution < 1.29 is 13.2 Å². The summed E-state index contributed by atoms with van der Waals surface area (Å²) < 4.78 is 32.4. The lowest BCUT2D eigenvalue weighted by molar-refractivity contribution is -0.00638. The molecule has 0 radical (unpaired) electrons. The number of ether oxygens (including phenoxy) is 1. The van der Waals surface area contributed by atoms with Gasteiger partial charge in [0.2, 0.25) is 0 Å². The van der Waals surface area contributed by atoms with Crippen molar-refractivity contribution >= 4 is 10.2 Å². The molecule has 8 heteroatoms. The maximum absolute atomic E-state index is 12.1. The molecule has 1 atom stereocenters. The average Bonchev–Trinajstić information content (AvgIpc) is 2.38. The third-order valence-corrected chi connectivity index (χ3v) is 4.85. The quantitative estimate of drug-likeness (QED) is 0.779. The van der Waals surface area contributed by atoms with Gasteiger partial charge in [0, 0.05) is 33.4 Å². The van der Waals surface area contributed by atoms with Gasteiger partial charge < -0.3 is 4.74 Å². The Morgan fingerprint density at radius 3 is 2.84 bits per heavy atom. The highest BCUT2D eigenvalue weighted by Gasteiger charge is 2.32. The van der Waals surface area contributed by atoms with Gasteiger partial charge in [-0.15, -0.1) is 0 Å². The van der Waals surface area contributed by atoms with Crippen LogP contribution in [-0.4, -0.2) is 60.8 Å². The van der Waals surface area contributed by atoms with Gasteiger partial charge in [0.05, 0.1) is 12.3 Å². The number of hydrogen-bond acceptors (Lipinski definition) is 5. The van der Waals surface area contributed by atoms with Gasteiger partial charge in [-0.05, 0) is 13.0 Å². The van der Waals surface area contributed by atoms with Crippen molar-refractivity contribution in [2.75, 3.05) is 33.8 Å². The van der Waals surface area contributed by atoms with E-state index in [4.69, 9.17) is 4.74 Å². The Labute approximate surface area is 113 Å².